The minimum atomic E-state index is -0.860. The van der Waals surface area contributed by atoms with E-state index in [1.807, 2.05) is 17.7 Å². The average molecular weight is 281 g/mol. The maximum Gasteiger partial charge on any atom is 0.224 e. The van der Waals surface area contributed by atoms with Crippen LogP contribution in [0.3, 0.4) is 0 Å². The van der Waals surface area contributed by atoms with Crippen molar-refractivity contribution in [2.45, 2.75) is 58.6 Å². The van der Waals surface area contributed by atoms with Crippen LogP contribution in [0.5, 0.6) is 0 Å². The molecule has 0 aliphatic carbocycles. The molecule has 1 aromatic rings. The van der Waals surface area contributed by atoms with Crippen LogP contribution in [0.1, 0.15) is 53.0 Å². The Kier molecular flexibility index (Phi) is 6.20. The number of hydrogen-bond acceptors (Lipinski definition) is 3. The van der Waals surface area contributed by atoms with Gasteiger partial charge in [0.2, 0.25) is 5.91 Å². The Morgan fingerprint density at radius 2 is 2.15 bits per heavy atom. The second kappa shape index (κ2) is 7.43. The molecule has 1 atom stereocenters. The van der Waals surface area contributed by atoms with Gasteiger partial charge in [-0.3, -0.25) is 4.79 Å². The topological polar surface area (TPSA) is 58.4 Å². The van der Waals surface area contributed by atoms with E-state index in [1.54, 1.807) is 31.3 Å². The van der Waals surface area contributed by atoms with E-state index < -0.39 is 5.60 Å². The van der Waals surface area contributed by atoms with Gasteiger partial charge in [0.15, 0.2) is 0 Å². The molecule has 0 saturated heterocycles. The Bertz CT molecular complexity index is 396. The second-order valence-corrected chi connectivity index (χ2v) is 5.88. The largest absolute Gasteiger partial charge is 0.389 e. The van der Waals surface area contributed by atoms with Gasteiger partial charge in [-0.15, -0.1) is 0 Å². The highest BCUT2D eigenvalue weighted by molar-refractivity contribution is 5.76. The highest BCUT2D eigenvalue weighted by Gasteiger charge is 2.23. The third kappa shape index (κ3) is 5.33. The lowest BCUT2D eigenvalue weighted by atomic mass is 10.1. The first-order valence-corrected chi connectivity index (χ1v) is 7.35. The monoisotopic (exact) mass is 281 g/mol. The lowest BCUT2D eigenvalue weighted by Crippen LogP contribution is -2.42. The summed E-state index contributed by atoms with van der Waals surface area (Å²) in [5.74, 6) is 0.0850. The Hall–Kier alpha value is -1.36. The van der Waals surface area contributed by atoms with Crippen molar-refractivity contribution in [1.29, 1.82) is 0 Å². The van der Waals surface area contributed by atoms with Crippen LogP contribution in [0.15, 0.2) is 18.7 Å². The van der Waals surface area contributed by atoms with Crippen LogP contribution in [-0.4, -0.2) is 44.2 Å². The first-order valence-electron chi connectivity index (χ1n) is 7.35. The van der Waals surface area contributed by atoms with Gasteiger partial charge < -0.3 is 14.6 Å². The predicted molar refractivity (Wildman–Crippen MR) is 79.3 cm³/mol. The minimum absolute atomic E-state index is 0.0850. The fourth-order valence-corrected chi connectivity index (χ4v) is 2.35. The number of carbonyl (C=O) groups excluding carboxylic acids is 1. The molecule has 114 valence electrons. The van der Waals surface area contributed by atoms with E-state index in [-0.39, 0.29) is 11.9 Å². The van der Waals surface area contributed by atoms with Crippen LogP contribution in [0.2, 0.25) is 0 Å². The SMILES string of the molecule is CCCC(CC(=O)N(CC)CC(C)(C)O)n1ccnc1. The average Bonchev–Trinajstić information content (AvgIpc) is 2.87. The summed E-state index contributed by atoms with van der Waals surface area (Å²) in [5.41, 5.74) is -0.860. The number of carbonyl (C=O) groups is 1. The minimum Gasteiger partial charge on any atom is -0.389 e. The van der Waals surface area contributed by atoms with Gasteiger partial charge in [0.05, 0.1) is 11.9 Å². The van der Waals surface area contributed by atoms with Gasteiger partial charge in [0, 0.05) is 37.9 Å². The first kappa shape index (κ1) is 16.7. The van der Waals surface area contributed by atoms with Gasteiger partial charge in [-0.25, -0.2) is 4.98 Å². The van der Waals surface area contributed by atoms with Crippen molar-refractivity contribution < 1.29 is 9.90 Å². The fourth-order valence-electron chi connectivity index (χ4n) is 2.35. The Labute approximate surface area is 121 Å². The van der Waals surface area contributed by atoms with Gasteiger partial charge in [-0.05, 0) is 27.2 Å². The molecule has 5 heteroatoms. The summed E-state index contributed by atoms with van der Waals surface area (Å²) < 4.78 is 2.00. The number of rotatable bonds is 8. The van der Waals surface area contributed by atoms with Crippen LogP contribution < -0.4 is 0 Å². The van der Waals surface area contributed by atoms with Crippen molar-refractivity contribution in [3.8, 4) is 0 Å². The van der Waals surface area contributed by atoms with Crippen LogP contribution in [0, 0.1) is 0 Å². The molecule has 1 rings (SSSR count). The molecular weight excluding hydrogens is 254 g/mol. The number of amides is 1. The molecule has 5 nitrogen and oxygen atoms in total. The molecule has 0 aliphatic rings. The van der Waals surface area contributed by atoms with E-state index in [4.69, 9.17) is 0 Å². The highest BCUT2D eigenvalue weighted by atomic mass is 16.3. The number of likely N-dealkylation sites (N-methyl/N-ethyl adjacent to an activating group) is 1. The molecule has 0 aliphatic heterocycles. The lowest BCUT2D eigenvalue weighted by molar-refractivity contribution is -0.134. The van der Waals surface area contributed by atoms with Gasteiger partial charge in [-0.2, -0.15) is 0 Å². The molecular formula is C15H27N3O2. The second-order valence-electron chi connectivity index (χ2n) is 5.88. The summed E-state index contributed by atoms with van der Waals surface area (Å²) in [7, 11) is 0. The molecule has 1 aromatic heterocycles. The zero-order valence-corrected chi connectivity index (χ0v) is 13.0. The molecule has 0 bridgehead atoms. The molecule has 1 heterocycles. The maximum absolute atomic E-state index is 12.4. The Morgan fingerprint density at radius 3 is 2.60 bits per heavy atom. The van der Waals surface area contributed by atoms with Crippen LogP contribution >= 0.6 is 0 Å². The number of imidazole rings is 1. The molecule has 20 heavy (non-hydrogen) atoms. The van der Waals surface area contributed by atoms with E-state index in [2.05, 4.69) is 11.9 Å². The summed E-state index contributed by atoms with van der Waals surface area (Å²) in [5, 5.41) is 9.88. The molecule has 1 amide bonds. The highest BCUT2D eigenvalue weighted by Crippen LogP contribution is 2.19. The zero-order valence-electron chi connectivity index (χ0n) is 13.0. The standard InChI is InChI=1S/C15H27N3O2/c1-5-7-13(18-9-8-16-12-18)10-14(19)17(6-2)11-15(3,4)20/h8-9,12-13,20H,5-7,10-11H2,1-4H3. The quantitative estimate of drug-likeness (QED) is 0.795. The number of nitrogens with zero attached hydrogens (tertiary/aromatic N) is 3. The van der Waals surface area contributed by atoms with E-state index in [0.717, 1.165) is 12.8 Å². The third-order valence-corrected chi connectivity index (χ3v) is 3.29. The number of aliphatic hydroxyl groups is 1. The summed E-state index contributed by atoms with van der Waals surface area (Å²) in [6.07, 6.45) is 7.82. The summed E-state index contributed by atoms with van der Waals surface area (Å²) in [6, 6.07) is 0.144. The van der Waals surface area contributed by atoms with Crippen LogP contribution in [-0.2, 0) is 4.79 Å². The normalized spacial score (nSPS) is 13.2. The Morgan fingerprint density at radius 1 is 1.45 bits per heavy atom. The predicted octanol–water partition coefficient (Wildman–Crippen LogP) is 2.23. The number of hydrogen-bond donors (Lipinski definition) is 1. The van der Waals surface area contributed by atoms with Gasteiger partial charge >= 0.3 is 0 Å². The van der Waals surface area contributed by atoms with Crippen molar-refractivity contribution >= 4 is 5.91 Å². The fraction of sp³-hybridized carbons (Fsp3) is 0.733. The Balaban J connectivity index is 2.69. The van der Waals surface area contributed by atoms with E-state index in [9.17, 15) is 9.90 Å². The smallest absolute Gasteiger partial charge is 0.224 e. The molecule has 0 spiro atoms. The van der Waals surface area contributed by atoms with Crippen molar-refractivity contribution in [3.63, 3.8) is 0 Å². The van der Waals surface area contributed by atoms with Crippen molar-refractivity contribution in [3.05, 3.63) is 18.7 Å². The first-order chi connectivity index (χ1) is 9.37. The molecule has 1 unspecified atom stereocenters. The molecule has 0 aromatic carbocycles. The summed E-state index contributed by atoms with van der Waals surface area (Å²) >= 11 is 0. The zero-order chi connectivity index (χ0) is 15.2. The van der Waals surface area contributed by atoms with Crippen LogP contribution in [0.25, 0.3) is 0 Å². The van der Waals surface area contributed by atoms with Crippen molar-refractivity contribution in [2.24, 2.45) is 0 Å². The summed E-state index contributed by atoms with van der Waals surface area (Å²) in [6.45, 7) is 8.49. The molecule has 1 N–H and O–H groups in total. The maximum atomic E-state index is 12.4. The molecule has 0 saturated carbocycles. The third-order valence-electron chi connectivity index (χ3n) is 3.29. The van der Waals surface area contributed by atoms with Gasteiger partial charge in [0.25, 0.3) is 0 Å². The van der Waals surface area contributed by atoms with E-state index in [1.165, 1.54) is 0 Å². The van der Waals surface area contributed by atoms with Gasteiger partial charge in [-0.1, -0.05) is 13.3 Å². The molecule has 0 fully saturated rings. The lowest BCUT2D eigenvalue weighted by Gasteiger charge is -2.29. The van der Waals surface area contributed by atoms with Crippen LogP contribution in [0.4, 0.5) is 0 Å². The van der Waals surface area contributed by atoms with Crippen molar-refractivity contribution in [1.82, 2.24) is 14.5 Å². The van der Waals surface area contributed by atoms with E-state index in [0.29, 0.717) is 19.5 Å². The summed E-state index contributed by atoms with van der Waals surface area (Å²) in [4.78, 5) is 18.2. The molecule has 0 radical (unpaired) electrons. The van der Waals surface area contributed by atoms with E-state index >= 15 is 0 Å². The number of aromatic nitrogens is 2. The van der Waals surface area contributed by atoms with Crippen molar-refractivity contribution in [2.75, 3.05) is 13.1 Å². The van der Waals surface area contributed by atoms with Gasteiger partial charge in [0.1, 0.15) is 0 Å².